The predicted molar refractivity (Wildman–Crippen MR) is 72.5 cm³/mol. The van der Waals surface area contributed by atoms with Gasteiger partial charge in [0.25, 0.3) is 0 Å². The molecule has 1 N–H and O–H groups in total. The van der Waals surface area contributed by atoms with Crippen LogP contribution in [-0.2, 0) is 4.79 Å². The summed E-state index contributed by atoms with van der Waals surface area (Å²) < 4.78 is 11.3. The van der Waals surface area contributed by atoms with E-state index < -0.39 is 5.97 Å². The highest BCUT2D eigenvalue weighted by atomic mass is 79.9. The van der Waals surface area contributed by atoms with Gasteiger partial charge < -0.3 is 14.6 Å². The minimum Gasteiger partial charge on any atom is -0.496 e. The van der Waals surface area contributed by atoms with Crippen LogP contribution >= 0.6 is 15.9 Å². The fraction of sp³-hybridized carbons (Fsp3) is 0.462. The first-order valence-electron chi connectivity index (χ1n) is 5.66. The molecule has 0 saturated heterocycles. The molecular weight excluding hydrogens is 300 g/mol. The van der Waals surface area contributed by atoms with Gasteiger partial charge in [0.15, 0.2) is 0 Å². The summed E-state index contributed by atoms with van der Waals surface area (Å²) in [4.78, 5) is 10.9. The zero-order valence-electron chi connectivity index (χ0n) is 10.7. The van der Waals surface area contributed by atoms with Gasteiger partial charge in [-0.25, -0.2) is 0 Å². The number of hydrogen-bond acceptors (Lipinski definition) is 3. The van der Waals surface area contributed by atoms with Crippen LogP contribution in [0.3, 0.4) is 0 Å². The van der Waals surface area contributed by atoms with Crippen LogP contribution in [0.15, 0.2) is 16.6 Å². The minimum absolute atomic E-state index is 0.0698. The Labute approximate surface area is 115 Å². The van der Waals surface area contributed by atoms with E-state index in [1.165, 1.54) is 0 Å². The molecule has 0 saturated carbocycles. The van der Waals surface area contributed by atoms with Crippen LogP contribution < -0.4 is 9.47 Å². The third-order valence-corrected chi connectivity index (χ3v) is 3.48. The number of carboxylic acids is 1. The van der Waals surface area contributed by atoms with Crippen molar-refractivity contribution in [3.8, 4) is 11.5 Å². The summed E-state index contributed by atoms with van der Waals surface area (Å²) >= 11 is 3.41. The summed E-state index contributed by atoms with van der Waals surface area (Å²) in [6.45, 7) is 1.96. The Hall–Kier alpha value is -1.23. The number of hydrogen-bond donors (Lipinski definition) is 1. The molecule has 0 bridgehead atoms. The maximum atomic E-state index is 10.9. The van der Waals surface area contributed by atoms with Crippen molar-refractivity contribution in [2.75, 3.05) is 14.2 Å². The summed E-state index contributed by atoms with van der Waals surface area (Å²) in [5.41, 5.74) is 0.884. The number of rotatable bonds is 6. The molecule has 4 nitrogen and oxygen atoms in total. The van der Waals surface area contributed by atoms with Crippen molar-refractivity contribution in [1.29, 1.82) is 0 Å². The lowest BCUT2D eigenvalue weighted by atomic mass is 9.92. The first-order chi connectivity index (χ1) is 8.53. The van der Waals surface area contributed by atoms with Gasteiger partial charge >= 0.3 is 5.97 Å². The van der Waals surface area contributed by atoms with Crippen LogP contribution in [0.1, 0.15) is 31.2 Å². The molecule has 1 unspecified atom stereocenters. The highest BCUT2D eigenvalue weighted by Crippen LogP contribution is 2.38. The first kappa shape index (κ1) is 14.8. The lowest BCUT2D eigenvalue weighted by Gasteiger charge is -2.18. The summed E-state index contributed by atoms with van der Waals surface area (Å²) in [6.07, 6.45) is 0.826. The quantitative estimate of drug-likeness (QED) is 0.873. The van der Waals surface area contributed by atoms with Crippen LogP contribution in [0.25, 0.3) is 0 Å². The Balaban J connectivity index is 3.20. The van der Waals surface area contributed by atoms with E-state index in [1.807, 2.05) is 13.0 Å². The van der Waals surface area contributed by atoms with E-state index in [0.717, 1.165) is 16.5 Å². The van der Waals surface area contributed by atoms with Crippen molar-refractivity contribution in [2.45, 2.75) is 25.7 Å². The maximum Gasteiger partial charge on any atom is 0.303 e. The molecular formula is C13H17BrO4. The third kappa shape index (κ3) is 3.38. The SMILES string of the molecule is CCC(CC(=O)O)c1cc(Br)c(OC)cc1OC. The first-order valence-corrected chi connectivity index (χ1v) is 6.45. The normalized spacial score (nSPS) is 12.0. The van der Waals surface area contributed by atoms with Crippen LogP contribution in [0.4, 0.5) is 0 Å². The van der Waals surface area contributed by atoms with Gasteiger partial charge in [-0.1, -0.05) is 6.92 Å². The van der Waals surface area contributed by atoms with Gasteiger partial charge in [0.2, 0.25) is 0 Å². The molecule has 0 fully saturated rings. The van der Waals surface area contributed by atoms with Crippen LogP contribution in [0.2, 0.25) is 0 Å². The second kappa shape index (κ2) is 6.64. The summed E-state index contributed by atoms with van der Waals surface area (Å²) in [6, 6.07) is 3.64. The van der Waals surface area contributed by atoms with Gasteiger partial charge in [0.1, 0.15) is 11.5 Å². The zero-order chi connectivity index (χ0) is 13.7. The van der Waals surface area contributed by atoms with Crippen LogP contribution in [0, 0.1) is 0 Å². The van der Waals surface area contributed by atoms with Crippen LogP contribution in [0.5, 0.6) is 11.5 Å². The van der Waals surface area contributed by atoms with Crippen molar-refractivity contribution in [2.24, 2.45) is 0 Å². The standard InChI is InChI=1S/C13H17BrO4/c1-4-8(5-13(15)16)9-6-10(14)12(18-3)7-11(9)17-2/h6-8H,4-5H2,1-3H3,(H,15,16). The maximum absolute atomic E-state index is 10.9. The molecule has 1 aromatic carbocycles. The fourth-order valence-electron chi connectivity index (χ4n) is 1.89. The highest BCUT2D eigenvalue weighted by Gasteiger charge is 2.20. The molecule has 0 radical (unpaired) electrons. The second-order valence-electron chi connectivity index (χ2n) is 3.93. The van der Waals surface area contributed by atoms with Crippen molar-refractivity contribution in [1.82, 2.24) is 0 Å². The van der Waals surface area contributed by atoms with Gasteiger partial charge in [-0.3, -0.25) is 4.79 Å². The number of carbonyl (C=O) groups is 1. The van der Waals surface area contributed by atoms with Crippen molar-refractivity contribution >= 4 is 21.9 Å². The van der Waals surface area contributed by atoms with Crippen molar-refractivity contribution in [3.63, 3.8) is 0 Å². The number of methoxy groups -OCH3 is 2. The molecule has 100 valence electrons. The van der Waals surface area contributed by atoms with Crippen molar-refractivity contribution < 1.29 is 19.4 Å². The lowest BCUT2D eigenvalue weighted by Crippen LogP contribution is -2.07. The predicted octanol–water partition coefficient (Wildman–Crippen LogP) is 3.43. The van der Waals surface area contributed by atoms with Crippen LogP contribution in [-0.4, -0.2) is 25.3 Å². The van der Waals surface area contributed by atoms with Gasteiger partial charge in [0, 0.05) is 6.07 Å². The Morgan fingerprint density at radius 2 is 1.94 bits per heavy atom. The summed E-state index contributed by atoms with van der Waals surface area (Å²) in [5, 5.41) is 8.93. The second-order valence-corrected chi connectivity index (χ2v) is 4.79. The Kier molecular flexibility index (Phi) is 5.47. The van der Waals surface area contributed by atoms with E-state index in [0.29, 0.717) is 11.5 Å². The van der Waals surface area contributed by atoms with Gasteiger partial charge in [-0.2, -0.15) is 0 Å². The monoisotopic (exact) mass is 316 g/mol. The molecule has 0 aliphatic rings. The van der Waals surface area contributed by atoms with Gasteiger partial charge in [-0.05, 0) is 39.9 Å². The molecule has 1 atom stereocenters. The molecule has 0 heterocycles. The average molecular weight is 317 g/mol. The third-order valence-electron chi connectivity index (χ3n) is 2.86. The number of ether oxygens (including phenoxy) is 2. The number of benzene rings is 1. The number of halogens is 1. The van der Waals surface area contributed by atoms with E-state index in [-0.39, 0.29) is 12.3 Å². The van der Waals surface area contributed by atoms with E-state index in [1.54, 1.807) is 20.3 Å². The molecule has 18 heavy (non-hydrogen) atoms. The Morgan fingerprint density at radius 1 is 1.33 bits per heavy atom. The molecule has 0 aromatic heterocycles. The molecule has 0 spiro atoms. The zero-order valence-corrected chi connectivity index (χ0v) is 12.3. The van der Waals surface area contributed by atoms with E-state index in [2.05, 4.69) is 15.9 Å². The van der Waals surface area contributed by atoms with E-state index >= 15 is 0 Å². The lowest BCUT2D eigenvalue weighted by molar-refractivity contribution is -0.137. The molecule has 1 aromatic rings. The smallest absolute Gasteiger partial charge is 0.303 e. The Bertz CT molecular complexity index is 431. The summed E-state index contributed by atoms with van der Waals surface area (Å²) in [7, 11) is 3.15. The molecule has 1 rings (SSSR count). The largest absolute Gasteiger partial charge is 0.496 e. The fourth-order valence-corrected chi connectivity index (χ4v) is 2.41. The van der Waals surface area contributed by atoms with Gasteiger partial charge in [-0.15, -0.1) is 0 Å². The number of carboxylic acid groups (broad SMARTS) is 1. The summed E-state index contributed by atoms with van der Waals surface area (Å²) in [5.74, 6) is 0.444. The van der Waals surface area contributed by atoms with Gasteiger partial charge in [0.05, 0.1) is 25.1 Å². The highest BCUT2D eigenvalue weighted by molar-refractivity contribution is 9.10. The van der Waals surface area contributed by atoms with Crippen molar-refractivity contribution in [3.05, 3.63) is 22.2 Å². The molecule has 0 amide bonds. The Morgan fingerprint density at radius 3 is 2.39 bits per heavy atom. The topological polar surface area (TPSA) is 55.8 Å². The molecule has 0 aliphatic heterocycles. The average Bonchev–Trinajstić information content (AvgIpc) is 2.35. The van der Waals surface area contributed by atoms with E-state index in [4.69, 9.17) is 14.6 Å². The molecule has 5 heteroatoms. The number of aliphatic carboxylic acids is 1. The molecule has 0 aliphatic carbocycles. The van der Waals surface area contributed by atoms with E-state index in [9.17, 15) is 4.79 Å². The minimum atomic E-state index is -0.809.